The van der Waals surface area contributed by atoms with E-state index in [1.165, 1.54) is 0 Å². The average Bonchev–Trinajstić information content (AvgIpc) is 2.75. The molecule has 8 nitrogen and oxygen atoms in total. The van der Waals surface area contributed by atoms with Crippen LogP contribution in [0.5, 0.6) is 5.88 Å². The van der Waals surface area contributed by atoms with Gasteiger partial charge in [-0.1, -0.05) is 11.6 Å². The fraction of sp³-hybridized carbons (Fsp3) is 0.300. The molecule has 2 aromatic rings. The van der Waals surface area contributed by atoms with E-state index in [1.807, 2.05) is 0 Å². The molecule has 1 atom stereocenters. The number of nitrogens with zero attached hydrogens (tertiary/aromatic N) is 1. The number of hydrogen-bond acceptors (Lipinski definition) is 7. The molecule has 0 aliphatic heterocycles. The molecule has 1 heterocycles. The third-order valence-electron chi connectivity index (χ3n) is 2.28. The summed E-state index contributed by atoms with van der Waals surface area (Å²) >= 11 is 5.86. The van der Waals surface area contributed by atoms with Crippen LogP contribution in [0.25, 0.3) is 11.0 Å². The van der Waals surface area contributed by atoms with Gasteiger partial charge in [0, 0.05) is 5.02 Å². The van der Waals surface area contributed by atoms with Gasteiger partial charge in [0.1, 0.15) is 6.61 Å². The number of hydrogen-bond donors (Lipinski definition) is 2. The second-order valence-corrected chi connectivity index (χ2v) is 5.63. The van der Waals surface area contributed by atoms with Crippen LogP contribution in [0.2, 0.25) is 5.02 Å². The Morgan fingerprint density at radius 1 is 1.40 bits per heavy atom. The highest BCUT2D eigenvalue weighted by molar-refractivity contribution is 7.84. The molecule has 0 fully saturated rings. The zero-order chi connectivity index (χ0) is 14.8. The third kappa shape index (κ3) is 4.05. The van der Waals surface area contributed by atoms with Gasteiger partial charge in [-0.15, -0.1) is 0 Å². The number of halogens is 1. The van der Waals surface area contributed by atoms with Crippen molar-refractivity contribution in [3.05, 3.63) is 23.2 Å². The first kappa shape index (κ1) is 15.0. The normalized spacial score (nSPS) is 13.6. The molecule has 10 heteroatoms. The Kier molecular flexibility index (Phi) is 4.45. The van der Waals surface area contributed by atoms with E-state index in [1.54, 1.807) is 18.2 Å². The molecule has 110 valence electrons. The van der Waals surface area contributed by atoms with E-state index in [0.717, 1.165) is 0 Å². The fourth-order valence-electron chi connectivity index (χ4n) is 1.41. The average molecular weight is 322 g/mol. The highest BCUT2D eigenvalue weighted by atomic mass is 35.5. The van der Waals surface area contributed by atoms with Gasteiger partial charge in [-0.2, -0.15) is 8.42 Å². The van der Waals surface area contributed by atoms with Gasteiger partial charge in [0.25, 0.3) is 5.88 Å². The lowest BCUT2D eigenvalue weighted by atomic mass is 10.2. The van der Waals surface area contributed by atoms with Gasteiger partial charge in [0.05, 0.1) is 18.0 Å². The summed E-state index contributed by atoms with van der Waals surface area (Å²) in [5, 5.41) is 9.50. The Morgan fingerprint density at radius 3 is 2.85 bits per heavy atom. The van der Waals surface area contributed by atoms with Crippen LogP contribution in [0.15, 0.2) is 22.7 Å². The highest BCUT2D eigenvalue weighted by Crippen LogP contribution is 2.27. The molecule has 0 aliphatic carbocycles. The van der Waals surface area contributed by atoms with Gasteiger partial charge in [0.2, 0.25) is 0 Å². The van der Waals surface area contributed by atoms with E-state index < -0.39 is 16.3 Å². The second-order valence-electron chi connectivity index (χ2n) is 3.98. The van der Waals surface area contributed by atoms with Crippen molar-refractivity contribution in [1.29, 1.82) is 0 Å². The Balaban J connectivity index is 1.97. The Labute approximate surface area is 119 Å². The van der Waals surface area contributed by atoms with Crippen molar-refractivity contribution >= 4 is 32.9 Å². The van der Waals surface area contributed by atoms with Crippen molar-refractivity contribution in [3.63, 3.8) is 0 Å². The molecule has 4 N–H and O–H groups in total. The van der Waals surface area contributed by atoms with E-state index in [0.29, 0.717) is 16.0 Å². The maximum Gasteiger partial charge on any atom is 0.333 e. The number of benzene rings is 1. The number of aromatic nitrogens is 1. The number of nitrogens with two attached hydrogens (primary N) is 2. The molecule has 0 aliphatic rings. The molecule has 2 rings (SSSR count). The van der Waals surface area contributed by atoms with Crippen LogP contribution in [-0.2, 0) is 14.5 Å². The smallest absolute Gasteiger partial charge is 0.333 e. The van der Waals surface area contributed by atoms with Gasteiger partial charge in [-0.25, -0.2) is 5.14 Å². The van der Waals surface area contributed by atoms with Crippen LogP contribution >= 0.6 is 11.6 Å². The molecule has 0 saturated heterocycles. The van der Waals surface area contributed by atoms with E-state index >= 15 is 0 Å². The summed E-state index contributed by atoms with van der Waals surface area (Å²) in [4.78, 5) is 0. The van der Waals surface area contributed by atoms with Crippen molar-refractivity contribution in [1.82, 2.24) is 5.16 Å². The van der Waals surface area contributed by atoms with Gasteiger partial charge in [-0.05, 0) is 23.4 Å². The van der Waals surface area contributed by atoms with Crippen molar-refractivity contribution in [2.24, 2.45) is 10.9 Å². The first-order valence-electron chi connectivity index (χ1n) is 5.45. The zero-order valence-electron chi connectivity index (χ0n) is 10.2. The maximum atomic E-state index is 10.6. The summed E-state index contributed by atoms with van der Waals surface area (Å²) in [6.07, 6.45) is 0. The third-order valence-corrected chi connectivity index (χ3v) is 2.98. The largest absolute Gasteiger partial charge is 0.473 e. The van der Waals surface area contributed by atoms with Crippen LogP contribution in [0.3, 0.4) is 0 Å². The van der Waals surface area contributed by atoms with E-state index in [4.69, 9.17) is 26.6 Å². The summed E-state index contributed by atoms with van der Waals surface area (Å²) in [6.45, 7) is -0.320. The Morgan fingerprint density at radius 2 is 2.15 bits per heavy atom. The molecule has 0 saturated carbocycles. The summed E-state index contributed by atoms with van der Waals surface area (Å²) in [6, 6.07) is 4.25. The number of fused-ring (bicyclic) bond motifs is 1. The lowest BCUT2D eigenvalue weighted by molar-refractivity contribution is 0.214. The van der Waals surface area contributed by atoms with Crippen molar-refractivity contribution in [2.75, 3.05) is 13.2 Å². The van der Waals surface area contributed by atoms with Gasteiger partial charge >= 0.3 is 10.3 Å². The lowest BCUT2D eigenvalue weighted by Crippen LogP contribution is -2.35. The molecule has 1 unspecified atom stereocenters. The SMILES string of the molecule is NC(COc1noc2ccc(Cl)cc12)COS(N)(=O)=O. The zero-order valence-corrected chi connectivity index (χ0v) is 11.7. The molecular formula is C10H12ClN3O5S. The molecule has 0 radical (unpaired) electrons. The fourth-order valence-corrected chi connectivity index (χ4v) is 1.95. The molecule has 1 aromatic heterocycles. The molecular weight excluding hydrogens is 310 g/mol. The topological polar surface area (TPSA) is 131 Å². The summed E-state index contributed by atoms with van der Waals surface area (Å²) in [7, 11) is -4.02. The van der Waals surface area contributed by atoms with E-state index in [2.05, 4.69) is 14.5 Å². The van der Waals surface area contributed by atoms with Crippen molar-refractivity contribution in [3.8, 4) is 5.88 Å². The molecule has 1 aromatic carbocycles. The van der Waals surface area contributed by atoms with Gasteiger partial charge < -0.3 is 15.0 Å². The van der Waals surface area contributed by atoms with Crippen LogP contribution in [0.4, 0.5) is 0 Å². The quantitative estimate of drug-likeness (QED) is 0.787. The van der Waals surface area contributed by atoms with Crippen LogP contribution in [-0.4, -0.2) is 32.8 Å². The summed E-state index contributed by atoms with van der Waals surface area (Å²) in [5.41, 5.74) is 6.13. The van der Waals surface area contributed by atoms with Crippen molar-refractivity contribution < 1.29 is 21.9 Å². The molecule has 0 bridgehead atoms. The molecule has 0 spiro atoms. The van der Waals surface area contributed by atoms with Crippen LogP contribution in [0.1, 0.15) is 0 Å². The number of ether oxygens (including phenoxy) is 1. The Bertz CT molecular complexity index is 702. The molecule has 20 heavy (non-hydrogen) atoms. The van der Waals surface area contributed by atoms with Gasteiger partial charge in [-0.3, -0.25) is 4.18 Å². The molecule has 0 amide bonds. The van der Waals surface area contributed by atoms with Crippen LogP contribution in [0, 0.1) is 0 Å². The number of rotatable bonds is 6. The lowest BCUT2D eigenvalue weighted by Gasteiger charge is -2.10. The van der Waals surface area contributed by atoms with Crippen molar-refractivity contribution in [2.45, 2.75) is 6.04 Å². The standard InChI is InChI=1S/C10H12ClN3O5S/c11-6-1-2-9-8(3-6)10(14-19-9)17-4-7(12)5-18-20(13,15)16/h1-3,7H,4-5,12H2,(H2,13,15,16). The first-order chi connectivity index (χ1) is 9.35. The maximum absolute atomic E-state index is 10.6. The minimum Gasteiger partial charge on any atom is -0.473 e. The minimum absolute atomic E-state index is 0.0241. The van der Waals surface area contributed by atoms with Crippen LogP contribution < -0.4 is 15.6 Å². The minimum atomic E-state index is -4.02. The predicted octanol–water partition coefficient (Wildman–Crippen LogP) is 0.407. The Hall–Kier alpha value is -1.39. The summed E-state index contributed by atoms with van der Waals surface area (Å²) < 4.78 is 35.9. The predicted molar refractivity (Wildman–Crippen MR) is 71.5 cm³/mol. The highest BCUT2D eigenvalue weighted by Gasteiger charge is 2.13. The second kappa shape index (κ2) is 5.94. The summed E-state index contributed by atoms with van der Waals surface area (Å²) in [5.74, 6) is 0.216. The van der Waals surface area contributed by atoms with E-state index in [-0.39, 0.29) is 19.1 Å². The monoisotopic (exact) mass is 321 g/mol. The first-order valence-corrected chi connectivity index (χ1v) is 7.30. The van der Waals surface area contributed by atoms with Gasteiger partial charge in [0.15, 0.2) is 5.58 Å². The van der Waals surface area contributed by atoms with E-state index in [9.17, 15) is 8.42 Å².